The van der Waals surface area contributed by atoms with Gasteiger partial charge in [0.2, 0.25) is 0 Å². The maximum absolute atomic E-state index is 5.70. The number of ether oxygens (including phenoxy) is 1. The third kappa shape index (κ3) is 6.22. The van der Waals surface area contributed by atoms with Crippen LogP contribution < -0.4 is 15.4 Å². The molecule has 0 aliphatic carbocycles. The Balaban J connectivity index is 0.00000300. The van der Waals surface area contributed by atoms with Gasteiger partial charge in [-0.3, -0.25) is 4.99 Å². The van der Waals surface area contributed by atoms with E-state index in [0.29, 0.717) is 19.7 Å². The van der Waals surface area contributed by atoms with Crippen LogP contribution in [0.5, 0.6) is 5.75 Å². The molecule has 0 atom stereocenters. The molecule has 6 nitrogen and oxygen atoms in total. The minimum absolute atomic E-state index is 0. The number of aromatic nitrogens is 2. The first kappa shape index (κ1) is 22.7. The number of hydrogen-bond acceptors (Lipinski definition) is 3. The summed E-state index contributed by atoms with van der Waals surface area (Å²) in [5.41, 5.74) is 4.37. The van der Waals surface area contributed by atoms with Crippen molar-refractivity contribution in [2.24, 2.45) is 4.99 Å². The summed E-state index contributed by atoms with van der Waals surface area (Å²) < 4.78 is 7.68. The number of halogens is 1. The molecule has 29 heavy (non-hydrogen) atoms. The Morgan fingerprint density at radius 1 is 1.00 bits per heavy atom. The average molecular weight is 505 g/mol. The smallest absolute Gasteiger partial charge is 0.191 e. The number of nitrogens with one attached hydrogen (secondary N) is 2. The summed E-state index contributed by atoms with van der Waals surface area (Å²) in [4.78, 5) is 4.28. The van der Waals surface area contributed by atoms with E-state index in [1.54, 1.807) is 7.05 Å². The van der Waals surface area contributed by atoms with Gasteiger partial charge < -0.3 is 15.4 Å². The number of aliphatic imine (C=N–C) groups is 1. The van der Waals surface area contributed by atoms with Gasteiger partial charge in [0, 0.05) is 24.8 Å². The van der Waals surface area contributed by atoms with Crippen molar-refractivity contribution in [3.8, 4) is 11.4 Å². The van der Waals surface area contributed by atoms with Crippen molar-refractivity contribution in [2.45, 2.75) is 20.4 Å². The molecule has 154 valence electrons. The Labute approximate surface area is 189 Å². The molecular weight excluding hydrogens is 477 g/mol. The van der Waals surface area contributed by atoms with Crippen LogP contribution in [0.2, 0.25) is 0 Å². The number of aryl methyl sites for hydroxylation is 1. The lowest BCUT2D eigenvalue weighted by molar-refractivity contribution is 0.322. The maximum atomic E-state index is 5.70. The fraction of sp³-hybridized carbons (Fsp3) is 0.273. The van der Waals surface area contributed by atoms with Crippen LogP contribution in [0.15, 0.2) is 65.7 Å². The molecule has 0 radical (unpaired) electrons. The SMILES string of the molecule is CN=C(NCCOc1ccccc1)NCc1c(C)nn(-c2ccccc2)c1C.I. The molecule has 0 saturated heterocycles. The van der Waals surface area contributed by atoms with E-state index in [2.05, 4.69) is 39.8 Å². The first-order valence-corrected chi connectivity index (χ1v) is 9.42. The van der Waals surface area contributed by atoms with Crippen molar-refractivity contribution in [1.29, 1.82) is 0 Å². The van der Waals surface area contributed by atoms with Gasteiger partial charge in [-0.25, -0.2) is 4.68 Å². The zero-order valence-electron chi connectivity index (χ0n) is 17.1. The molecule has 0 fully saturated rings. The van der Waals surface area contributed by atoms with Crippen molar-refractivity contribution < 1.29 is 4.74 Å². The summed E-state index contributed by atoms with van der Waals surface area (Å²) in [5, 5.41) is 11.3. The van der Waals surface area contributed by atoms with Gasteiger partial charge >= 0.3 is 0 Å². The Morgan fingerprint density at radius 2 is 1.66 bits per heavy atom. The van der Waals surface area contributed by atoms with E-state index in [0.717, 1.165) is 28.8 Å². The minimum atomic E-state index is 0. The predicted molar refractivity (Wildman–Crippen MR) is 129 cm³/mol. The van der Waals surface area contributed by atoms with Gasteiger partial charge in [-0.2, -0.15) is 5.10 Å². The van der Waals surface area contributed by atoms with Crippen molar-refractivity contribution in [3.05, 3.63) is 77.6 Å². The third-order valence-corrected chi connectivity index (χ3v) is 4.50. The van der Waals surface area contributed by atoms with Crippen molar-refractivity contribution in [3.63, 3.8) is 0 Å². The van der Waals surface area contributed by atoms with Crippen LogP contribution in [-0.2, 0) is 6.54 Å². The number of rotatable bonds is 7. The Morgan fingerprint density at radius 3 is 2.31 bits per heavy atom. The van der Waals surface area contributed by atoms with Crippen LogP contribution >= 0.6 is 24.0 Å². The van der Waals surface area contributed by atoms with E-state index in [9.17, 15) is 0 Å². The summed E-state index contributed by atoms with van der Waals surface area (Å²) in [6.45, 7) is 6.01. The summed E-state index contributed by atoms with van der Waals surface area (Å²) in [7, 11) is 1.76. The van der Waals surface area contributed by atoms with Gasteiger partial charge in [0.05, 0.1) is 17.9 Å². The Hall–Kier alpha value is -2.55. The van der Waals surface area contributed by atoms with Crippen molar-refractivity contribution in [1.82, 2.24) is 20.4 Å². The second-order valence-electron chi connectivity index (χ2n) is 6.41. The number of para-hydroxylation sites is 2. The van der Waals surface area contributed by atoms with Crippen molar-refractivity contribution >= 4 is 29.9 Å². The van der Waals surface area contributed by atoms with Gasteiger partial charge in [0.1, 0.15) is 12.4 Å². The number of nitrogens with zero attached hydrogens (tertiary/aromatic N) is 3. The van der Waals surface area contributed by atoms with Gasteiger partial charge in [-0.1, -0.05) is 36.4 Å². The third-order valence-electron chi connectivity index (χ3n) is 4.50. The molecule has 7 heteroatoms. The zero-order chi connectivity index (χ0) is 19.8. The molecule has 2 N–H and O–H groups in total. The molecule has 3 rings (SSSR count). The normalized spacial score (nSPS) is 10.9. The topological polar surface area (TPSA) is 63.5 Å². The van der Waals surface area contributed by atoms with E-state index in [-0.39, 0.29) is 24.0 Å². The fourth-order valence-electron chi connectivity index (χ4n) is 3.00. The largest absolute Gasteiger partial charge is 0.492 e. The van der Waals surface area contributed by atoms with Crippen LogP contribution in [0.25, 0.3) is 5.69 Å². The molecule has 0 spiro atoms. The lowest BCUT2D eigenvalue weighted by Gasteiger charge is -2.13. The number of benzene rings is 2. The monoisotopic (exact) mass is 505 g/mol. The summed E-state index contributed by atoms with van der Waals surface area (Å²) in [6, 6.07) is 20.0. The van der Waals surface area contributed by atoms with E-state index >= 15 is 0 Å². The second kappa shape index (κ2) is 11.5. The lowest BCUT2D eigenvalue weighted by atomic mass is 10.2. The highest BCUT2D eigenvalue weighted by atomic mass is 127. The van der Waals surface area contributed by atoms with Gasteiger partial charge in [-0.05, 0) is 38.1 Å². The predicted octanol–water partition coefficient (Wildman–Crippen LogP) is 3.85. The zero-order valence-corrected chi connectivity index (χ0v) is 19.4. The molecule has 1 aromatic heterocycles. The highest BCUT2D eigenvalue weighted by Gasteiger charge is 2.13. The number of guanidine groups is 1. The van der Waals surface area contributed by atoms with E-state index < -0.39 is 0 Å². The van der Waals surface area contributed by atoms with Gasteiger partial charge in [-0.15, -0.1) is 24.0 Å². The van der Waals surface area contributed by atoms with Gasteiger partial charge in [0.15, 0.2) is 5.96 Å². The highest BCUT2D eigenvalue weighted by molar-refractivity contribution is 14.0. The van der Waals surface area contributed by atoms with Crippen LogP contribution in [-0.4, -0.2) is 35.9 Å². The summed E-state index contributed by atoms with van der Waals surface area (Å²) >= 11 is 0. The van der Waals surface area contributed by atoms with Crippen LogP contribution in [0.4, 0.5) is 0 Å². The first-order chi connectivity index (χ1) is 13.7. The lowest BCUT2D eigenvalue weighted by Crippen LogP contribution is -2.39. The highest BCUT2D eigenvalue weighted by Crippen LogP contribution is 2.17. The standard InChI is InChI=1S/C22H27N5O.HI/c1-17-21(18(2)27(26-17)19-10-6-4-7-11-19)16-25-22(23-3)24-14-15-28-20-12-8-5-9-13-20;/h4-13H,14-16H2,1-3H3,(H2,23,24,25);1H. The molecule has 0 aliphatic rings. The average Bonchev–Trinajstić information content (AvgIpc) is 3.02. The molecule has 2 aromatic carbocycles. The van der Waals surface area contributed by atoms with Crippen LogP contribution in [0.3, 0.4) is 0 Å². The second-order valence-corrected chi connectivity index (χ2v) is 6.41. The number of hydrogen-bond donors (Lipinski definition) is 2. The van der Waals surface area contributed by atoms with Crippen LogP contribution in [0.1, 0.15) is 17.0 Å². The van der Waals surface area contributed by atoms with Crippen LogP contribution in [0, 0.1) is 13.8 Å². The molecular formula is C22H28IN5O. The van der Waals surface area contributed by atoms with E-state index in [4.69, 9.17) is 4.74 Å². The van der Waals surface area contributed by atoms with E-state index in [1.807, 2.05) is 60.1 Å². The molecule has 0 amide bonds. The molecule has 0 aliphatic heterocycles. The van der Waals surface area contributed by atoms with E-state index in [1.165, 1.54) is 5.56 Å². The Bertz CT molecular complexity index is 910. The summed E-state index contributed by atoms with van der Waals surface area (Å²) in [6.07, 6.45) is 0. The molecule has 1 heterocycles. The van der Waals surface area contributed by atoms with Gasteiger partial charge in [0.25, 0.3) is 0 Å². The fourth-order valence-corrected chi connectivity index (χ4v) is 3.00. The maximum Gasteiger partial charge on any atom is 0.191 e. The first-order valence-electron chi connectivity index (χ1n) is 9.42. The quantitative estimate of drug-likeness (QED) is 0.222. The minimum Gasteiger partial charge on any atom is -0.492 e. The molecule has 3 aromatic rings. The summed E-state index contributed by atoms with van der Waals surface area (Å²) in [5.74, 6) is 1.61. The molecule has 0 saturated carbocycles. The Kier molecular flexibility index (Phi) is 8.98. The molecule has 0 bridgehead atoms. The molecule has 0 unspecified atom stereocenters. The van der Waals surface area contributed by atoms with Crippen molar-refractivity contribution in [2.75, 3.05) is 20.2 Å².